The van der Waals surface area contributed by atoms with Gasteiger partial charge >= 0.3 is 0 Å². The molecule has 4 aromatic rings. The van der Waals surface area contributed by atoms with Gasteiger partial charge in [-0.3, -0.25) is 9.55 Å². The largest absolute Gasteiger partial charge is 0.496 e. The fourth-order valence-corrected chi connectivity index (χ4v) is 3.94. The van der Waals surface area contributed by atoms with E-state index in [1.54, 1.807) is 19.5 Å². The Morgan fingerprint density at radius 2 is 1.77 bits per heavy atom. The summed E-state index contributed by atoms with van der Waals surface area (Å²) in [6, 6.07) is 16.3. The van der Waals surface area contributed by atoms with Crippen LogP contribution in [0.15, 0.2) is 60.9 Å². The molecule has 1 saturated heterocycles. The first-order valence-corrected chi connectivity index (χ1v) is 9.94. The first kappa shape index (κ1) is 18.4. The van der Waals surface area contributed by atoms with Gasteiger partial charge in [-0.2, -0.15) is 0 Å². The lowest BCUT2D eigenvalue weighted by Gasteiger charge is -2.29. The van der Waals surface area contributed by atoms with Crippen LogP contribution in [0.25, 0.3) is 27.8 Å². The van der Waals surface area contributed by atoms with Crippen molar-refractivity contribution in [3.8, 4) is 22.6 Å². The van der Waals surface area contributed by atoms with Crippen molar-refractivity contribution in [2.75, 3.05) is 44.0 Å². The molecular weight excluding hydrogens is 378 g/mol. The van der Waals surface area contributed by atoms with E-state index in [2.05, 4.69) is 45.2 Å². The van der Waals surface area contributed by atoms with Crippen LogP contribution in [0.1, 0.15) is 0 Å². The molecule has 3 heterocycles. The minimum absolute atomic E-state index is 0.458. The van der Waals surface area contributed by atoms with Gasteiger partial charge in [0.25, 0.3) is 0 Å². The molecule has 0 saturated carbocycles. The van der Waals surface area contributed by atoms with Crippen LogP contribution < -0.4 is 15.4 Å². The summed E-state index contributed by atoms with van der Waals surface area (Å²) in [6.45, 7) is 3.35. The van der Waals surface area contributed by atoms with Crippen LogP contribution in [0.5, 0.6) is 5.75 Å². The average Bonchev–Trinajstić information content (AvgIpc) is 3.14. The summed E-state index contributed by atoms with van der Waals surface area (Å²) in [6.07, 6.45) is 3.53. The van der Waals surface area contributed by atoms with E-state index < -0.39 is 0 Å². The van der Waals surface area contributed by atoms with Crippen molar-refractivity contribution in [1.29, 1.82) is 0 Å². The Balaban J connectivity index is 1.56. The van der Waals surface area contributed by atoms with Crippen molar-refractivity contribution in [3.05, 3.63) is 60.9 Å². The van der Waals surface area contributed by atoms with E-state index in [9.17, 15) is 0 Å². The minimum Gasteiger partial charge on any atom is -0.496 e. The lowest BCUT2D eigenvalue weighted by molar-refractivity contribution is 0.122. The molecule has 0 spiro atoms. The van der Waals surface area contributed by atoms with E-state index in [4.69, 9.17) is 15.2 Å². The molecule has 7 heteroatoms. The average molecular weight is 401 g/mol. The van der Waals surface area contributed by atoms with Crippen LogP contribution in [0.3, 0.4) is 0 Å². The highest BCUT2D eigenvalue weighted by Crippen LogP contribution is 2.33. The standard InChI is InChI=1S/C23H23N5O2/c1-29-22-8-9-25-15-19(22)16-2-7-20-21(14-16)28(23(24)26-20)18-5-3-17(4-6-18)27-10-12-30-13-11-27/h2-9,14-15H,10-13H2,1H3,(H2,24,26). The van der Waals surface area contributed by atoms with Crippen molar-refractivity contribution >= 4 is 22.7 Å². The van der Waals surface area contributed by atoms with Crippen LogP contribution in [0.2, 0.25) is 0 Å². The molecule has 0 bridgehead atoms. The second-order valence-electron chi connectivity index (χ2n) is 7.20. The molecule has 5 rings (SSSR count). The number of nitrogen functional groups attached to an aromatic ring is 1. The normalized spacial score (nSPS) is 14.2. The Hall–Kier alpha value is -3.58. The van der Waals surface area contributed by atoms with Crippen molar-refractivity contribution in [1.82, 2.24) is 14.5 Å². The fourth-order valence-electron chi connectivity index (χ4n) is 3.94. The zero-order valence-corrected chi connectivity index (χ0v) is 16.8. The van der Waals surface area contributed by atoms with Gasteiger partial charge in [0.05, 0.1) is 31.4 Å². The number of anilines is 2. The van der Waals surface area contributed by atoms with Crippen LogP contribution in [0, 0.1) is 0 Å². The van der Waals surface area contributed by atoms with Gasteiger partial charge in [-0.1, -0.05) is 6.07 Å². The molecule has 0 aliphatic carbocycles. The van der Waals surface area contributed by atoms with E-state index in [1.807, 2.05) is 22.8 Å². The second-order valence-corrected chi connectivity index (χ2v) is 7.20. The Morgan fingerprint density at radius 3 is 2.53 bits per heavy atom. The summed E-state index contributed by atoms with van der Waals surface area (Å²) in [5.74, 6) is 1.23. The molecule has 30 heavy (non-hydrogen) atoms. The van der Waals surface area contributed by atoms with Crippen molar-refractivity contribution < 1.29 is 9.47 Å². The molecule has 152 valence electrons. The van der Waals surface area contributed by atoms with Gasteiger partial charge < -0.3 is 20.1 Å². The maximum absolute atomic E-state index is 6.30. The third-order valence-electron chi connectivity index (χ3n) is 5.48. The van der Waals surface area contributed by atoms with Crippen LogP contribution in [0.4, 0.5) is 11.6 Å². The third kappa shape index (κ3) is 3.23. The van der Waals surface area contributed by atoms with E-state index in [-0.39, 0.29) is 0 Å². The van der Waals surface area contributed by atoms with Gasteiger partial charge in [0, 0.05) is 42.4 Å². The van der Waals surface area contributed by atoms with Crippen molar-refractivity contribution in [2.45, 2.75) is 0 Å². The number of ether oxygens (including phenoxy) is 2. The molecule has 1 aliphatic rings. The monoisotopic (exact) mass is 401 g/mol. The predicted molar refractivity (Wildman–Crippen MR) is 118 cm³/mol. The maximum atomic E-state index is 6.30. The molecule has 2 aromatic heterocycles. The summed E-state index contributed by atoms with van der Waals surface area (Å²) in [4.78, 5) is 11.1. The number of rotatable bonds is 4. The Labute approximate surface area is 174 Å². The van der Waals surface area contributed by atoms with E-state index in [0.717, 1.165) is 59.9 Å². The molecular formula is C23H23N5O2. The number of morpholine rings is 1. The number of aromatic nitrogens is 3. The Kier molecular flexibility index (Phi) is 4.72. The molecule has 1 aliphatic heterocycles. The molecule has 7 nitrogen and oxygen atoms in total. The number of imidazole rings is 1. The van der Waals surface area contributed by atoms with Gasteiger partial charge in [-0.05, 0) is 48.0 Å². The number of hydrogen-bond acceptors (Lipinski definition) is 6. The van der Waals surface area contributed by atoms with Gasteiger partial charge in [0.15, 0.2) is 0 Å². The summed E-state index contributed by atoms with van der Waals surface area (Å²) in [5, 5.41) is 0. The SMILES string of the molecule is COc1ccncc1-c1ccc2nc(N)n(-c3ccc(N4CCOCC4)cc3)c2c1. The number of methoxy groups -OCH3 is 1. The maximum Gasteiger partial charge on any atom is 0.205 e. The summed E-state index contributed by atoms with van der Waals surface area (Å²) >= 11 is 0. The van der Waals surface area contributed by atoms with E-state index in [1.165, 1.54) is 5.69 Å². The summed E-state index contributed by atoms with van der Waals surface area (Å²) in [5.41, 5.74) is 12.2. The highest BCUT2D eigenvalue weighted by Gasteiger charge is 2.15. The lowest BCUT2D eigenvalue weighted by atomic mass is 10.1. The van der Waals surface area contributed by atoms with Crippen molar-refractivity contribution in [2.24, 2.45) is 0 Å². The molecule has 0 atom stereocenters. The molecule has 1 fully saturated rings. The molecule has 0 unspecified atom stereocenters. The van der Waals surface area contributed by atoms with Crippen molar-refractivity contribution in [3.63, 3.8) is 0 Å². The third-order valence-corrected chi connectivity index (χ3v) is 5.48. The first-order chi connectivity index (χ1) is 14.7. The summed E-state index contributed by atoms with van der Waals surface area (Å²) < 4.78 is 12.9. The number of nitrogens with two attached hydrogens (primary N) is 1. The lowest BCUT2D eigenvalue weighted by Crippen LogP contribution is -2.36. The van der Waals surface area contributed by atoms with Crippen LogP contribution >= 0.6 is 0 Å². The Morgan fingerprint density at radius 1 is 1.00 bits per heavy atom. The number of benzene rings is 2. The molecule has 2 N–H and O–H groups in total. The number of fused-ring (bicyclic) bond motifs is 1. The predicted octanol–water partition coefficient (Wildman–Crippen LogP) is 3.51. The first-order valence-electron chi connectivity index (χ1n) is 9.94. The van der Waals surface area contributed by atoms with Crippen LogP contribution in [-0.2, 0) is 4.74 Å². The van der Waals surface area contributed by atoms with Gasteiger partial charge in [-0.15, -0.1) is 0 Å². The quantitative estimate of drug-likeness (QED) is 0.564. The van der Waals surface area contributed by atoms with Gasteiger partial charge in [0.1, 0.15) is 5.75 Å². The highest BCUT2D eigenvalue weighted by atomic mass is 16.5. The van der Waals surface area contributed by atoms with E-state index in [0.29, 0.717) is 5.95 Å². The molecule has 0 amide bonds. The summed E-state index contributed by atoms with van der Waals surface area (Å²) in [7, 11) is 1.66. The number of nitrogens with zero attached hydrogens (tertiary/aromatic N) is 4. The van der Waals surface area contributed by atoms with Crippen LogP contribution in [-0.4, -0.2) is 47.9 Å². The smallest absolute Gasteiger partial charge is 0.205 e. The highest BCUT2D eigenvalue weighted by molar-refractivity contribution is 5.87. The minimum atomic E-state index is 0.458. The number of hydrogen-bond donors (Lipinski definition) is 1. The van der Waals surface area contributed by atoms with E-state index >= 15 is 0 Å². The fraction of sp³-hybridized carbons (Fsp3) is 0.217. The zero-order chi connectivity index (χ0) is 20.5. The zero-order valence-electron chi connectivity index (χ0n) is 16.8. The molecule has 0 radical (unpaired) electrons. The van der Waals surface area contributed by atoms with Gasteiger partial charge in [-0.25, -0.2) is 4.98 Å². The second kappa shape index (κ2) is 7.68. The topological polar surface area (TPSA) is 78.4 Å². The number of pyridine rings is 1. The molecule has 2 aromatic carbocycles. The Bertz CT molecular complexity index is 1180. The van der Waals surface area contributed by atoms with Gasteiger partial charge in [0.2, 0.25) is 5.95 Å².